The molecule has 15 heavy (non-hydrogen) atoms. The minimum atomic E-state index is 0.143. The van der Waals surface area contributed by atoms with Crippen molar-refractivity contribution in [3.05, 3.63) is 11.8 Å². The zero-order valence-electron chi connectivity index (χ0n) is 10.8. The third-order valence-electron chi connectivity index (χ3n) is 2.31. The highest BCUT2D eigenvalue weighted by Crippen LogP contribution is 2.04. The molecule has 0 aliphatic heterocycles. The van der Waals surface area contributed by atoms with E-state index in [1.165, 1.54) is 5.70 Å². The Bertz CT molecular complexity index is 217. The summed E-state index contributed by atoms with van der Waals surface area (Å²) in [7, 11) is 0. The molecule has 0 aliphatic rings. The van der Waals surface area contributed by atoms with Crippen molar-refractivity contribution in [2.45, 2.75) is 47.5 Å². The lowest BCUT2D eigenvalue weighted by molar-refractivity contribution is -0.121. The van der Waals surface area contributed by atoms with E-state index in [1.807, 2.05) is 19.9 Å². The van der Waals surface area contributed by atoms with Crippen LogP contribution in [0.4, 0.5) is 0 Å². The molecule has 0 atom stereocenters. The molecule has 0 aromatic carbocycles. The monoisotopic (exact) mass is 211 g/mol. The smallest absolute Gasteiger partial charge is 0.139 e. The van der Waals surface area contributed by atoms with Gasteiger partial charge in [-0.25, -0.2) is 0 Å². The van der Waals surface area contributed by atoms with Crippen LogP contribution in [0.15, 0.2) is 11.8 Å². The number of rotatable bonds is 7. The quantitative estimate of drug-likeness (QED) is 0.701. The summed E-state index contributed by atoms with van der Waals surface area (Å²) in [6.45, 7) is 11.3. The molecular formula is C13H25NO. The molecule has 0 heterocycles. The van der Waals surface area contributed by atoms with E-state index in [0.29, 0.717) is 18.1 Å². The fraction of sp³-hybridized carbons (Fsp3) is 0.769. The van der Waals surface area contributed by atoms with E-state index in [4.69, 9.17) is 0 Å². The van der Waals surface area contributed by atoms with E-state index in [0.717, 1.165) is 13.0 Å². The van der Waals surface area contributed by atoms with Gasteiger partial charge in [0, 0.05) is 24.6 Å². The Morgan fingerprint density at radius 1 is 1.27 bits per heavy atom. The highest BCUT2D eigenvalue weighted by Gasteiger charge is 2.05. The second-order valence-electron chi connectivity index (χ2n) is 4.68. The van der Waals surface area contributed by atoms with E-state index in [-0.39, 0.29) is 5.92 Å². The van der Waals surface area contributed by atoms with Crippen LogP contribution in [-0.2, 0) is 4.79 Å². The van der Waals surface area contributed by atoms with Crippen LogP contribution in [-0.4, -0.2) is 12.3 Å². The van der Waals surface area contributed by atoms with Crippen LogP contribution in [0.2, 0.25) is 0 Å². The van der Waals surface area contributed by atoms with Crippen LogP contribution < -0.4 is 5.32 Å². The van der Waals surface area contributed by atoms with E-state index < -0.39 is 0 Å². The van der Waals surface area contributed by atoms with E-state index in [2.05, 4.69) is 26.1 Å². The van der Waals surface area contributed by atoms with Gasteiger partial charge < -0.3 is 5.32 Å². The molecule has 0 aliphatic carbocycles. The zero-order valence-corrected chi connectivity index (χ0v) is 10.8. The molecule has 0 bridgehead atoms. The fourth-order valence-corrected chi connectivity index (χ4v) is 1.14. The summed E-state index contributed by atoms with van der Waals surface area (Å²) < 4.78 is 0. The Labute approximate surface area is 94.1 Å². The number of carbonyl (C=O) groups excluding carboxylic acids is 1. The average Bonchev–Trinajstić information content (AvgIpc) is 2.17. The van der Waals surface area contributed by atoms with Gasteiger partial charge in [0.1, 0.15) is 5.78 Å². The third-order valence-corrected chi connectivity index (χ3v) is 2.31. The van der Waals surface area contributed by atoms with Crippen LogP contribution in [0.25, 0.3) is 0 Å². The first kappa shape index (κ1) is 14.2. The van der Waals surface area contributed by atoms with Crippen molar-refractivity contribution in [3.63, 3.8) is 0 Å². The molecule has 0 radical (unpaired) electrons. The van der Waals surface area contributed by atoms with Gasteiger partial charge in [0.05, 0.1) is 0 Å². The summed E-state index contributed by atoms with van der Waals surface area (Å²) in [5.74, 6) is 1.09. The van der Waals surface area contributed by atoms with Crippen molar-refractivity contribution in [1.82, 2.24) is 5.32 Å². The lowest BCUT2D eigenvalue weighted by atomic mass is 10.1. The molecule has 0 amide bonds. The molecule has 2 heteroatoms. The first-order valence-electron chi connectivity index (χ1n) is 5.93. The number of ketones is 1. The van der Waals surface area contributed by atoms with Crippen molar-refractivity contribution >= 4 is 5.78 Å². The highest BCUT2D eigenvalue weighted by atomic mass is 16.1. The predicted octanol–water partition coefficient (Wildman–Crippen LogP) is 3.14. The number of nitrogens with one attached hydrogen (secondary N) is 1. The summed E-state index contributed by atoms with van der Waals surface area (Å²) in [6.07, 6.45) is 3.56. The van der Waals surface area contributed by atoms with Crippen LogP contribution in [0.5, 0.6) is 0 Å². The maximum Gasteiger partial charge on any atom is 0.139 e. The molecular weight excluding hydrogens is 186 g/mol. The standard InChI is InChI=1S/C13H25NO/c1-6-12(14-9-10(2)3)7-8-13(15)11(4)5/h7,10-11,14H,6,8-9H2,1-5H3. The largest absolute Gasteiger partial charge is 0.388 e. The number of Topliss-reactive ketones (excluding diaryl/α,β-unsaturated/α-hetero) is 1. The molecule has 0 unspecified atom stereocenters. The van der Waals surface area contributed by atoms with Gasteiger partial charge in [-0.05, 0) is 12.3 Å². The van der Waals surface area contributed by atoms with Gasteiger partial charge in [0.15, 0.2) is 0 Å². The maximum absolute atomic E-state index is 11.4. The fourth-order valence-electron chi connectivity index (χ4n) is 1.14. The molecule has 0 spiro atoms. The van der Waals surface area contributed by atoms with Gasteiger partial charge >= 0.3 is 0 Å². The minimum Gasteiger partial charge on any atom is -0.388 e. The summed E-state index contributed by atoms with van der Waals surface area (Å²) in [6, 6.07) is 0. The first-order valence-corrected chi connectivity index (χ1v) is 5.93. The first-order chi connectivity index (χ1) is 6.97. The molecule has 1 N–H and O–H groups in total. The van der Waals surface area contributed by atoms with Crippen LogP contribution in [0.3, 0.4) is 0 Å². The SMILES string of the molecule is CCC(=CCC(=O)C(C)C)NCC(C)C. The Morgan fingerprint density at radius 2 is 1.87 bits per heavy atom. The number of allylic oxidation sites excluding steroid dienone is 2. The summed E-state index contributed by atoms with van der Waals surface area (Å²) in [5.41, 5.74) is 1.19. The van der Waals surface area contributed by atoms with Gasteiger partial charge in [-0.3, -0.25) is 4.79 Å². The highest BCUT2D eigenvalue weighted by molar-refractivity contribution is 5.81. The van der Waals surface area contributed by atoms with Crippen molar-refractivity contribution in [3.8, 4) is 0 Å². The number of carbonyl (C=O) groups is 1. The Morgan fingerprint density at radius 3 is 2.27 bits per heavy atom. The minimum absolute atomic E-state index is 0.143. The third kappa shape index (κ3) is 7.18. The summed E-state index contributed by atoms with van der Waals surface area (Å²) in [5, 5.41) is 3.37. The van der Waals surface area contributed by atoms with E-state index >= 15 is 0 Å². The van der Waals surface area contributed by atoms with Crippen molar-refractivity contribution in [2.24, 2.45) is 11.8 Å². The predicted molar refractivity (Wildman–Crippen MR) is 65.7 cm³/mol. The summed E-state index contributed by atoms with van der Waals surface area (Å²) in [4.78, 5) is 11.4. The van der Waals surface area contributed by atoms with Gasteiger partial charge in [0.2, 0.25) is 0 Å². The molecule has 0 saturated carbocycles. The van der Waals surface area contributed by atoms with Crippen molar-refractivity contribution in [2.75, 3.05) is 6.54 Å². The van der Waals surface area contributed by atoms with Gasteiger partial charge in [-0.2, -0.15) is 0 Å². The van der Waals surface area contributed by atoms with Crippen LogP contribution >= 0.6 is 0 Å². The van der Waals surface area contributed by atoms with Crippen molar-refractivity contribution < 1.29 is 4.79 Å². The Kier molecular flexibility index (Phi) is 7.10. The number of hydrogen-bond donors (Lipinski definition) is 1. The lowest BCUT2D eigenvalue weighted by Gasteiger charge is -2.11. The Hall–Kier alpha value is -0.790. The second kappa shape index (κ2) is 7.49. The lowest BCUT2D eigenvalue weighted by Crippen LogP contribution is -2.19. The van der Waals surface area contributed by atoms with Gasteiger partial charge in [0.25, 0.3) is 0 Å². The molecule has 0 saturated heterocycles. The normalized spacial score (nSPS) is 12.3. The molecule has 0 aromatic rings. The van der Waals surface area contributed by atoms with Crippen LogP contribution in [0, 0.1) is 11.8 Å². The van der Waals surface area contributed by atoms with E-state index in [9.17, 15) is 4.79 Å². The molecule has 88 valence electrons. The zero-order chi connectivity index (χ0) is 11.8. The maximum atomic E-state index is 11.4. The van der Waals surface area contributed by atoms with Crippen molar-refractivity contribution in [1.29, 1.82) is 0 Å². The van der Waals surface area contributed by atoms with E-state index in [1.54, 1.807) is 0 Å². The number of hydrogen-bond acceptors (Lipinski definition) is 2. The average molecular weight is 211 g/mol. The van der Waals surface area contributed by atoms with Crippen LogP contribution in [0.1, 0.15) is 47.5 Å². The Balaban J connectivity index is 4.05. The summed E-state index contributed by atoms with van der Waals surface area (Å²) >= 11 is 0. The topological polar surface area (TPSA) is 29.1 Å². The van der Waals surface area contributed by atoms with Gasteiger partial charge in [-0.1, -0.05) is 40.7 Å². The second-order valence-corrected chi connectivity index (χ2v) is 4.68. The van der Waals surface area contributed by atoms with Gasteiger partial charge in [-0.15, -0.1) is 0 Å². The molecule has 0 rings (SSSR count). The molecule has 0 fully saturated rings. The molecule has 0 aromatic heterocycles. The molecule has 2 nitrogen and oxygen atoms in total.